The first-order valence-corrected chi connectivity index (χ1v) is 17.2. The van der Waals surface area contributed by atoms with Gasteiger partial charge in [0.2, 0.25) is 5.75 Å². The van der Waals surface area contributed by atoms with Gasteiger partial charge in [0.1, 0.15) is 11.5 Å². The minimum Gasteiger partial charge on any atom is -0.493 e. The number of benzene rings is 3. The monoisotopic (exact) mass is 679 g/mol. The van der Waals surface area contributed by atoms with Gasteiger partial charge in [0.15, 0.2) is 23.0 Å². The fourth-order valence-corrected chi connectivity index (χ4v) is 7.27. The van der Waals surface area contributed by atoms with E-state index in [1.54, 1.807) is 19.1 Å². The second-order valence-electron chi connectivity index (χ2n) is 13.7. The molecule has 9 heteroatoms. The van der Waals surface area contributed by atoms with Crippen LogP contribution in [0.4, 0.5) is 0 Å². The number of allylic oxidation sites excluding steroid dienone is 2. The normalized spacial score (nSPS) is 20.7. The summed E-state index contributed by atoms with van der Waals surface area (Å²) < 4.78 is 31.2. The molecule has 4 aliphatic heterocycles. The Morgan fingerprint density at radius 1 is 0.920 bits per heavy atom. The number of hydrogen-bond acceptors (Lipinski definition) is 9. The Morgan fingerprint density at radius 2 is 1.60 bits per heavy atom. The molecular formula is C41H49N3O6. The maximum Gasteiger partial charge on any atom is 0.325 e. The van der Waals surface area contributed by atoms with Gasteiger partial charge in [-0.3, -0.25) is 19.5 Å². The Bertz CT molecular complexity index is 1810. The third-order valence-corrected chi connectivity index (χ3v) is 9.91. The van der Waals surface area contributed by atoms with Crippen molar-refractivity contribution in [3.05, 3.63) is 106 Å². The summed E-state index contributed by atoms with van der Waals surface area (Å²) in [4.78, 5) is 19.7. The lowest BCUT2D eigenvalue weighted by molar-refractivity contribution is -0.135. The van der Waals surface area contributed by atoms with E-state index in [1.165, 1.54) is 11.1 Å². The molecule has 0 saturated carbocycles. The van der Waals surface area contributed by atoms with Crippen LogP contribution in [0.25, 0.3) is 0 Å². The molecule has 9 nitrogen and oxygen atoms in total. The largest absolute Gasteiger partial charge is 0.493 e. The molecule has 0 aromatic heterocycles. The molecule has 0 unspecified atom stereocenters. The summed E-state index contributed by atoms with van der Waals surface area (Å²) in [6.07, 6.45) is 7.22. The fourth-order valence-electron chi connectivity index (χ4n) is 7.27. The van der Waals surface area contributed by atoms with Gasteiger partial charge in [-0.1, -0.05) is 30.9 Å². The van der Waals surface area contributed by atoms with Crippen LogP contribution < -0.4 is 23.7 Å². The van der Waals surface area contributed by atoms with E-state index in [2.05, 4.69) is 60.8 Å². The number of carbonyl (C=O) groups excluding carboxylic acids is 1. The molecule has 0 saturated heterocycles. The van der Waals surface area contributed by atoms with Gasteiger partial charge in [-0.2, -0.15) is 0 Å². The summed E-state index contributed by atoms with van der Waals surface area (Å²) in [6, 6.07) is 16.4. The lowest BCUT2D eigenvalue weighted by atomic mass is 9.87. The first-order chi connectivity index (χ1) is 24.1. The Kier molecular flexibility index (Phi) is 10.7. The number of rotatable bonds is 6. The zero-order valence-electron chi connectivity index (χ0n) is 30.4. The van der Waals surface area contributed by atoms with Crippen molar-refractivity contribution in [2.75, 3.05) is 62.0 Å². The van der Waals surface area contributed by atoms with E-state index >= 15 is 0 Å². The first-order valence-electron chi connectivity index (χ1n) is 17.2. The van der Waals surface area contributed by atoms with Crippen LogP contribution in [0, 0.1) is 0 Å². The molecule has 0 radical (unpaired) electrons. The van der Waals surface area contributed by atoms with Crippen molar-refractivity contribution in [2.45, 2.75) is 44.7 Å². The van der Waals surface area contributed by atoms with E-state index in [4.69, 9.17) is 23.7 Å². The summed E-state index contributed by atoms with van der Waals surface area (Å²) in [7, 11) is 11.2. The molecule has 0 aliphatic carbocycles. The van der Waals surface area contributed by atoms with Crippen LogP contribution in [0.5, 0.6) is 34.5 Å². The van der Waals surface area contributed by atoms with E-state index in [0.717, 1.165) is 60.4 Å². The molecule has 7 rings (SSSR count). The van der Waals surface area contributed by atoms with Crippen LogP contribution in [0.3, 0.4) is 0 Å². The van der Waals surface area contributed by atoms with Crippen LogP contribution in [-0.4, -0.2) is 88.8 Å². The van der Waals surface area contributed by atoms with E-state index in [-0.39, 0.29) is 24.4 Å². The summed E-state index contributed by atoms with van der Waals surface area (Å²) in [5, 5.41) is 0. The summed E-state index contributed by atoms with van der Waals surface area (Å²) in [5.74, 6) is 3.58. The van der Waals surface area contributed by atoms with Gasteiger partial charge in [0, 0.05) is 30.7 Å². The van der Waals surface area contributed by atoms with Crippen LogP contribution in [0.15, 0.2) is 84.2 Å². The predicted molar refractivity (Wildman–Crippen MR) is 196 cm³/mol. The third-order valence-electron chi connectivity index (χ3n) is 9.91. The standard InChI is InChI=1S/C41H49N3O6/c1-9-29-16-18-43(5)33-21-27-10-13-31(14-11-27)49-36-23-28(12-15-35(36)46-7)22-34-39-30(17-19-44(34)6)24-37(47-8)40(50-38(45)25-42(3)4)41(39)48-26(2)20-32(29)33/h9-15,20,23-24,33-34H,1,16-19,21-22,25H2,2-8H3/b26-20+/t33-,34-/m0/s1. The van der Waals surface area contributed by atoms with Gasteiger partial charge in [0.25, 0.3) is 0 Å². The molecule has 50 heavy (non-hydrogen) atoms. The Morgan fingerprint density at radius 3 is 2.30 bits per heavy atom. The molecule has 0 N–H and O–H groups in total. The highest BCUT2D eigenvalue weighted by Gasteiger charge is 2.35. The molecule has 0 spiro atoms. The molecule has 3 aromatic carbocycles. The van der Waals surface area contributed by atoms with Gasteiger partial charge in [-0.25, -0.2) is 0 Å². The lowest BCUT2D eigenvalue weighted by Gasteiger charge is -2.37. The minimum atomic E-state index is -0.400. The summed E-state index contributed by atoms with van der Waals surface area (Å²) in [6.45, 7) is 8.02. The van der Waals surface area contributed by atoms with Crippen LogP contribution >= 0.6 is 0 Å². The van der Waals surface area contributed by atoms with Gasteiger partial charge in [0.05, 0.1) is 20.8 Å². The molecule has 3 aromatic rings. The quantitative estimate of drug-likeness (QED) is 0.208. The predicted octanol–water partition coefficient (Wildman–Crippen LogP) is 6.76. The number of hydrogen-bond donors (Lipinski definition) is 0. The van der Waals surface area contributed by atoms with Crippen molar-refractivity contribution in [1.29, 1.82) is 0 Å². The number of esters is 1. The van der Waals surface area contributed by atoms with Gasteiger partial charge in [-0.15, -0.1) is 0 Å². The molecule has 0 amide bonds. The summed E-state index contributed by atoms with van der Waals surface area (Å²) in [5.41, 5.74) is 6.68. The molecule has 264 valence electrons. The smallest absolute Gasteiger partial charge is 0.325 e. The third kappa shape index (κ3) is 7.45. The van der Waals surface area contributed by atoms with Crippen LogP contribution in [0.2, 0.25) is 0 Å². The maximum atomic E-state index is 13.2. The zero-order chi connectivity index (χ0) is 35.5. The van der Waals surface area contributed by atoms with Crippen LogP contribution in [0.1, 0.15) is 41.6 Å². The molecule has 4 bridgehead atoms. The SMILES string of the molecule is C=CC1=C2/C=C(\C)Oc3c(OC(=O)CN(C)C)c(OC)cc4c3[C@H](Cc3ccc(OC)c(c3)Oc3ccc(cc3)C[C@@H]2N(C)CC1)N(C)CC4. The van der Waals surface area contributed by atoms with Gasteiger partial charge >= 0.3 is 5.97 Å². The Labute approximate surface area is 296 Å². The lowest BCUT2D eigenvalue weighted by Crippen LogP contribution is -2.39. The molecule has 2 atom stereocenters. The number of methoxy groups -OCH3 is 2. The highest BCUT2D eigenvalue weighted by molar-refractivity contribution is 5.77. The molecule has 4 aliphatic rings. The topological polar surface area (TPSA) is 72.9 Å². The average molecular weight is 680 g/mol. The van der Waals surface area contributed by atoms with Gasteiger partial charge in [-0.05, 0) is 125 Å². The Hall–Kier alpha value is -4.57. The molecule has 4 heterocycles. The number of ether oxygens (including phenoxy) is 5. The highest BCUT2D eigenvalue weighted by atomic mass is 16.6. The highest BCUT2D eigenvalue weighted by Crippen LogP contribution is 2.49. The summed E-state index contributed by atoms with van der Waals surface area (Å²) >= 11 is 0. The second kappa shape index (κ2) is 15.1. The number of fused-ring (bicyclic) bond motifs is 3. The van der Waals surface area contributed by atoms with Crippen LogP contribution in [-0.2, 0) is 24.1 Å². The van der Waals surface area contributed by atoms with Crippen molar-refractivity contribution < 1.29 is 28.5 Å². The zero-order valence-corrected chi connectivity index (χ0v) is 30.4. The van der Waals surface area contributed by atoms with Crippen molar-refractivity contribution in [1.82, 2.24) is 14.7 Å². The Balaban J connectivity index is 1.58. The number of carbonyl (C=O) groups is 1. The van der Waals surface area contributed by atoms with Crippen molar-refractivity contribution >= 4 is 5.97 Å². The van der Waals surface area contributed by atoms with Crippen molar-refractivity contribution in [3.8, 4) is 34.5 Å². The van der Waals surface area contributed by atoms with Crippen molar-refractivity contribution in [2.24, 2.45) is 0 Å². The second-order valence-corrected chi connectivity index (χ2v) is 13.7. The van der Waals surface area contributed by atoms with E-state index in [9.17, 15) is 4.79 Å². The number of nitrogens with zero attached hydrogens (tertiary/aromatic N) is 3. The van der Waals surface area contributed by atoms with E-state index in [1.807, 2.05) is 51.4 Å². The maximum absolute atomic E-state index is 13.2. The average Bonchev–Trinajstić information content (AvgIpc) is 3.08. The minimum absolute atomic E-state index is 0.0909. The first kappa shape index (κ1) is 35.3. The van der Waals surface area contributed by atoms with Gasteiger partial charge < -0.3 is 23.7 Å². The fraction of sp³-hybridized carbons (Fsp3) is 0.390. The van der Waals surface area contributed by atoms with E-state index < -0.39 is 5.97 Å². The molecule has 0 fully saturated rings. The van der Waals surface area contributed by atoms with E-state index in [0.29, 0.717) is 35.2 Å². The number of likely N-dealkylation sites (N-methyl/N-ethyl adjacent to an activating group) is 3. The van der Waals surface area contributed by atoms with Crippen molar-refractivity contribution in [3.63, 3.8) is 0 Å². The molecular weight excluding hydrogens is 630 g/mol.